The molecule has 2 N–H and O–H groups in total. The van der Waals surface area contributed by atoms with Gasteiger partial charge in [-0.1, -0.05) is 0 Å². The Morgan fingerprint density at radius 2 is 2.15 bits per heavy atom. The molecule has 0 fully saturated rings. The molecule has 0 saturated heterocycles. The predicted molar refractivity (Wildman–Crippen MR) is 48.5 cm³/mol. The van der Waals surface area contributed by atoms with Crippen molar-refractivity contribution in [3.8, 4) is 0 Å². The van der Waals surface area contributed by atoms with Crippen molar-refractivity contribution in [3.05, 3.63) is 23.8 Å². The molecule has 4 nitrogen and oxygen atoms in total. The number of aliphatic hydroxyl groups is 2. The molecule has 72 valence electrons. The van der Waals surface area contributed by atoms with Crippen LogP contribution in [0.5, 0.6) is 0 Å². The van der Waals surface area contributed by atoms with E-state index in [0.717, 1.165) is 0 Å². The SMILES string of the molecule is Cc1cncc(C(O)C(O)CCl)n1. The van der Waals surface area contributed by atoms with Crippen LogP contribution in [0.4, 0.5) is 0 Å². The molecular formula is C8H11ClN2O2. The second-order valence-corrected chi connectivity index (χ2v) is 3.06. The predicted octanol–water partition coefficient (Wildman–Crippen LogP) is 0.418. The highest BCUT2D eigenvalue weighted by Crippen LogP contribution is 2.14. The zero-order chi connectivity index (χ0) is 9.84. The molecule has 0 bridgehead atoms. The van der Waals surface area contributed by atoms with Crippen molar-refractivity contribution in [1.29, 1.82) is 0 Å². The molecule has 1 aromatic heterocycles. The average molecular weight is 203 g/mol. The van der Waals surface area contributed by atoms with Crippen molar-refractivity contribution in [2.24, 2.45) is 0 Å². The third kappa shape index (κ3) is 2.62. The largest absolute Gasteiger partial charge is 0.389 e. The summed E-state index contributed by atoms with van der Waals surface area (Å²) in [6.45, 7) is 1.76. The fourth-order valence-corrected chi connectivity index (χ4v) is 1.08. The summed E-state index contributed by atoms with van der Waals surface area (Å²) in [4.78, 5) is 7.86. The lowest BCUT2D eigenvalue weighted by molar-refractivity contribution is 0.0297. The molecule has 0 saturated carbocycles. The Morgan fingerprint density at radius 3 is 2.69 bits per heavy atom. The van der Waals surface area contributed by atoms with Crippen molar-refractivity contribution >= 4 is 11.6 Å². The first-order valence-electron chi connectivity index (χ1n) is 3.85. The summed E-state index contributed by atoms with van der Waals surface area (Å²) in [6, 6.07) is 0. The summed E-state index contributed by atoms with van der Waals surface area (Å²) in [5.74, 6) is -0.0310. The lowest BCUT2D eigenvalue weighted by atomic mass is 10.2. The van der Waals surface area contributed by atoms with Gasteiger partial charge >= 0.3 is 0 Å². The van der Waals surface area contributed by atoms with Gasteiger partial charge in [0.2, 0.25) is 0 Å². The highest BCUT2D eigenvalue weighted by molar-refractivity contribution is 6.18. The fraction of sp³-hybridized carbons (Fsp3) is 0.500. The van der Waals surface area contributed by atoms with Gasteiger partial charge in [0.05, 0.1) is 29.6 Å². The molecule has 0 aliphatic rings. The number of nitrogens with zero attached hydrogens (tertiary/aromatic N) is 2. The molecule has 2 atom stereocenters. The van der Waals surface area contributed by atoms with Crippen LogP contribution in [-0.4, -0.2) is 32.2 Å². The average Bonchev–Trinajstić information content (AvgIpc) is 2.15. The standard InChI is InChI=1S/C8H11ClN2O2/c1-5-3-10-4-6(11-5)8(13)7(12)2-9/h3-4,7-8,12-13H,2H2,1H3. The minimum absolute atomic E-state index is 0.0310. The number of aromatic nitrogens is 2. The normalized spacial score (nSPS) is 15.4. The number of aryl methyl sites for hydroxylation is 1. The number of alkyl halides is 1. The zero-order valence-corrected chi connectivity index (χ0v) is 7.94. The van der Waals surface area contributed by atoms with E-state index in [9.17, 15) is 10.2 Å². The molecule has 0 amide bonds. The van der Waals surface area contributed by atoms with Gasteiger partial charge in [-0.15, -0.1) is 11.6 Å². The number of hydrogen-bond donors (Lipinski definition) is 2. The van der Waals surface area contributed by atoms with E-state index in [1.165, 1.54) is 6.20 Å². The minimum atomic E-state index is -1.06. The maximum absolute atomic E-state index is 9.48. The van der Waals surface area contributed by atoms with Crippen LogP contribution in [-0.2, 0) is 0 Å². The number of halogens is 1. The molecule has 5 heteroatoms. The molecule has 0 aliphatic heterocycles. The van der Waals surface area contributed by atoms with Gasteiger partial charge in [-0.3, -0.25) is 9.97 Å². The summed E-state index contributed by atoms with van der Waals surface area (Å²) < 4.78 is 0. The second kappa shape index (κ2) is 4.50. The van der Waals surface area contributed by atoms with Gasteiger partial charge in [0.1, 0.15) is 6.10 Å². The van der Waals surface area contributed by atoms with Gasteiger partial charge in [-0.2, -0.15) is 0 Å². The lowest BCUT2D eigenvalue weighted by Gasteiger charge is -2.14. The summed E-state index contributed by atoms with van der Waals surface area (Å²) in [7, 11) is 0. The Kier molecular flexibility index (Phi) is 3.59. The summed E-state index contributed by atoms with van der Waals surface area (Å²) in [6.07, 6.45) is 0.916. The fourth-order valence-electron chi connectivity index (χ4n) is 0.907. The van der Waals surface area contributed by atoms with Crippen molar-refractivity contribution < 1.29 is 10.2 Å². The smallest absolute Gasteiger partial charge is 0.124 e. The summed E-state index contributed by atoms with van der Waals surface area (Å²) in [5.41, 5.74) is 1.03. The Bertz CT molecular complexity index is 283. The number of rotatable bonds is 3. The zero-order valence-electron chi connectivity index (χ0n) is 7.18. The molecule has 0 spiro atoms. The molecule has 0 aliphatic carbocycles. The van der Waals surface area contributed by atoms with Crippen LogP contribution in [0.25, 0.3) is 0 Å². The quantitative estimate of drug-likeness (QED) is 0.698. The minimum Gasteiger partial charge on any atom is -0.389 e. The first-order valence-corrected chi connectivity index (χ1v) is 4.39. The van der Waals surface area contributed by atoms with Crippen LogP contribution in [0.1, 0.15) is 17.5 Å². The second-order valence-electron chi connectivity index (χ2n) is 2.75. The van der Waals surface area contributed by atoms with E-state index < -0.39 is 12.2 Å². The molecule has 1 aromatic rings. The molecular weight excluding hydrogens is 192 g/mol. The van der Waals surface area contributed by atoms with Gasteiger partial charge in [0, 0.05) is 6.20 Å². The van der Waals surface area contributed by atoms with E-state index in [-0.39, 0.29) is 5.88 Å². The first-order chi connectivity index (χ1) is 6.15. The molecule has 13 heavy (non-hydrogen) atoms. The van der Waals surface area contributed by atoms with Crippen LogP contribution in [0.3, 0.4) is 0 Å². The molecule has 1 rings (SSSR count). The van der Waals surface area contributed by atoms with E-state index in [2.05, 4.69) is 9.97 Å². The molecule has 0 aromatic carbocycles. The van der Waals surface area contributed by atoms with Gasteiger partial charge in [-0.25, -0.2) is 0 Å². The van der Waals surface area contributed by atoms with E-state index in [4.69, 9.17) is 11.6 Å². The maximum Gasteiger partial charge on any atom is 0.124 e. The van der Waals surface area contributed by atoms with E-state index in [0.29, 0.717) is 11.4 Å². The monoisotopic (exact) mass is 202 g/mol. The van der Waals surface area contributed by atoms with Crippen LogP contribution in [0.2, 0.25) is 0 Å². The number of hydrogen-bond acceptors (Lipinski definition) is 4. The number of aliphatic hydroxyl groups excluding tert-OH is 2. The first kappa shape index (κ1) is 10.4. The van der Waals surface area contributed by atoms with Gasteiger partial charge in [0.25, 0.3) is 0 Å². The van der Waals surface area contributed by atoms with Crippen LogP contribution < -0.4 is 0 Å². The summed E-state index contributed by atoms with van der Waals surface area (Å²) in [5, 5.41) is 18.7. The van der Waals surface area contributed by atoms with E-state index in [1.807, 2.05) is 0 Å². The van der Waals surface area contributed by atoms with Crippen LogP contribution in [0, 0.1) is 6.92 Å². The third-order valence-corrected chi connectivity index (χ3v) is 1.92. The molecule has 2 unspecified atom stereocenters. The Hall–Kier alpha value is -0.710. The third-order valence-electron chi connectivity index (χ3n) is 1.60. The van der Waals surface area contributed by atoms with E-state index >= 15 is 0 Å². The van der Waals surface area contributed by atoms with Crippen molar-refractivity contribution in [3.63, 3.8) is 0 Å². The van der Waals surface area contributed by atoms with Gasteiger partial charge in [-0.05, 0) is 6.92 Å². The Balaban J connectivity index is 2.82. The summed E-state index contributed by atoms with van der Waals surface area (Å²) >= 11 is 5.38. The van der Waals surface area contributed by atoms with E-state index in [1.54, 1.807) is 13.1 Å². The van der Waals surface area contributed by atoms with Gasteiger partial charge < -0.3 is 10.2 Å². The molecule has 0 radical (unpaired) electrons. The van der Waals surface area contributed by atoms with Crippen LogP contribution in [0.15, 0.2) is 12.4 Å². The maximum atomic E-state index is 9.48. The topological polar surface area (TPSA) is 66.2 Å². The highest BCUT2D eigenvalue weighted by Gasteiger charge is 2.18. The Labute approximate surface area is 81.2 Å². The van der Waals surface area contributed by atoms with Crippen LogP contribution >= 0.6 is 11.6 Å². The lowest BCUT2D eigenvalue weighted by Crippen LogP contribution is -2.21. The van der Waals surface area contributed by atoms with Crippen molar-refractivity contribution in [2.75, 3.05) is 5.88 Å². The van der Waals surface area contributed by atoms with Gasteiger partial charge in [0.15, 0.2) is 0 Å². The van der Waals surface area contributed by atoms with Crippen molar-refractivity contribution in [2.45, 2.75) is 19.1 Å². The molecule has 1 heterocycles. The Morgan fingerprint density at radius 1 is 1.46 bits per heavy atom. The highest BCUT2D eigenvalue weighted by atomic mass is 35.5. The van der Waals surface area contributed by atoms with Crippen molar-refractivity contribution in [1.82, 2.24) is 9.97 Å².